The lowest BCUT2D eigenvalue weighted by Crippen LogP contribution is -2.28. The minimum absolute atomic E-state index is 0.213. The number of halogens is 1. The SMILES string of the molecule is COC(=O)c1ccc(Cl)cc1OCC(=O)NCc1cccs1. The van der Waals surface area contributed by atoms with Crippen molar-refractivity contribution in [1.29, 1.82) is 0 Å². The van der Waals surface area contributed by atoms with E-state index in [4.69, 9.17) is 16.3 Å². The molecule has 0 atom stereocenters. The number of thiophene rings is 1. The maximum atomic E-state index is 11.8. The van der Waals surface area contributed by atoms with E-state index in [1.54, 1.807) is 17.4 Å². The summed E-state index contributed by atoms with van der Waals surface area (Å²) in [7, 11) is 1.27. The number of esters is 1. The van der Waals surface area contributed by atoms with Crippen molar-refractivity contribution in [2.75, 3.05) is 13.7 Å². The summed E-state index contributed by atoms with van der Waals surface area (Å²) in [5.41, 5.74) is 0.220. The monoisotopic (exact) mass is 339 g/mol. The van der Waals surface area contributed by atoms with Crippen molar-refractivity contribution in [2.45, 2.75) is 6.54 Å². The molecule has 7 heteroatoms. The van der Waals surface area contributed by atoms with Crippen LogP contribution < -0.4 is 10.1 Å². The Morgan fingerprint density at radius 1 is 1.32 bits per heavy atom. The fraction of sp³-hybridized carbons (Fsp3) is 0.200. The number of amides is 1. The van der Waals surface area contributed by atoms with Crippen LogP contribution in [-0.4, -0.2) is 25.6 Å². The van der Waals surface area contributed by atoms with Gasteiger partial charge in [-0.2, -0.15) is 0 Å². The molecule has 0 aliphatic carbocycles. The van der Waals surface area contributed by atoms with Crippen LogP contribution in [0.25, 0.3) is 0 Å². The number of rotatable bonds is 6. The molecule has 1 N–H and O–H groups in total. The molecule has 1 aromatic carbocycles. The fourth-order valence-corrected chi connectivity index (χ4v) is 2.49. The van der Waals surface area contributed by atoms with E-state index in [9.17, 15) is 9.59 Å². The van der Waals surface area contributed by atoms with Gasteiger partial charge in [-0.1, -0.05) is 17.7 Å². The van der Waals surface area contributed by atoms with Gasteiger partial charge in [0.1, 0.15) is 11.3 Å². The lowest BCUT2D eigenvalue weighted by molar-refractivity contribution is -0.123. The van der Waals surface area contributed by atoms with E-state index in [0.717, 1.165) is 4.88 Å². The van der Waals surface area contributed by atoms with E-state index in [0.29, 0.717) is 11.6 Å². The molecule has 0 unspecified atom stereocenters. The van der Waals surface area contributed by atoms with Crippen molar-refractivity contribution < 1.29 is 19.1 Å². The molecule has 1 amide bonds. The van der Waals surface area contributed by atoms with Gasteiger partial charge in [0.05, 0.1) is 13.7 Å². The van der Waals surface area contributed by atoms with E-state index in [2.05, 4.69) is 10.1 Å². The summed E-state index contributed by atoms with van der Waals surface area (Å²) in [6.45, 7) is 0.231. The first-order chi connectivity index (χ1) is 10.6. The molecule has 22 heavy (non-hydrogen) atoms. The number of hydrogen-bond acceptors (Lipinski definition) is 5. The third kappa shape index (κ3) is 4.47. The molecule has 0 fully saturated rings. The molecule has 2 aromatic rings. The summed E-state index contributed by atoms with van der Waals surface area (Å²) in [4.78, 5) is 24.4. The minimum Gasteiger partial charge on any atom is -0.483 e. The van der Waals surface area contributed by atoms with Gasteiger partial charge in [0.2, 0.25) is 0 Å². The molecule has 0 bridgehead atoms. The van der Waals surface area contributed by atoms with Crippen LogP contribution >= 0.6 is 22.9 Å². The van der Waals surface area contributed by atoms with E-state index in [1.807, 2.05) is 17.5 Å². The van der Waals surface area contributed by atoms with E-state index in [-0.39, 0.29) is 23.8 Å². The largest absolute Gasteiger partial charge is 0.483 e. The zero-order chi connectivity index (χ0) is 15.9. The number of ether oxygens (including phenoxy) is 2. The number of nitrogens with one attached hydrogen (secondary N) is 1. The topological polar surface area (TPSA) is 64.6 Å². The Hall–Kier alpha value is -2.05. The summed E-state index contributed by atoms with van der Waals surface area (Å²) in [6, 6.07) is 8.36. The molecule has 0 saturated heterocycles. The van der Waals surface area contributed by atoms with Crippen LogP contribution in [0.15, 0.2) is 35.7 Å². The first kappa shape index (κ1) is 16.3. The van der Waals surface area contributed by atoms with Crippen LogP contribution in [0.3, 0.4) is 0 Å². The van der Waals surface area contributed by atoms with Crippen molar-refractivity contribution in [2.24, 2.45) is 0 Å². The van der Waals surface area contributed by atoms with Crippen LogP contribution in [0.4, 0.5) is 0 Å². The van der Waals surface area contributed by atoms with Crippen LogP contribution in [0, 0.1) is 0 Å². The van der Waals surface area contributed by atoms with Gasteiger partial charge in [0.25, 0.3) is 5.91 Å². The predicted molar refractivity (Wildman–Crippen MR) is 84.5 cm³/mol. The molecule has 1 aromatic heterocycles. The molecule has 0 radical (unpaired) electrons. The first-order valence-corrected chi connectivity index (χ1v) is 7.65. The Morgan fingerprint density at radius 3 is 2.82 bits per heavy atom. The Bertz CT molecular complexity index is 658. The zero-order valence-electron chi connectivity index (χ0n) is 11.8. The van der Waals surface area contributed by atoms with Gasteiger partial charge >= 0.3 is 5.97 Å². The summed E-state index contributed by atoms with van der Waals surface area (Å²) >= 11 is 7.43. The highest BCUT2D eigenvalue weighted by atomic mass is 35.5. The van der Waals surface area contributed by atoms with Crippen molar-refractivity contribution in [3.05, 3.63) is 51.2 Å². The molecule has 1 heterocycles. The van der Waals surface area contributed by atoms with Gasteiger partial charge in [-0.25, -0.2) is 4.79 Å². The average molecular weight is 340 g/mol. The number of hydrogen-bond donors (Lipinski definition) is 1. The summed E-state index contributed by atoms with van der Waals surface area (Å²) in [5, 5.41) is 5.07. The van der Waals surface area contributed by atoms with Gasteiger partial charge < -0.3 is 14.8 Å². The molecule has 0 aliphatic rings. The van der Waals surface area contributed by atoms with Gasteiger partial charge in [-0.05, 0) is 29.6 Å². The zero-order valence-corrected chi connectivity index (χ0v) is 13.4. The van der Waals surface area contributed by atoms with Crippen molar-refractivity contribution in [3.63, 3.8) is 0 Å². The lowest BCUT2D eigenvalue weighted by atomic mass is 10.2. The van der Waals surface area contributed by atoms with Crippen molar-refractivity contribution in [3.8, 4) is 5.75 Å². The summed E-state index contributed by atoms with van der Waals surface area (Å²) in [6.07, 6.45) is 0. The maximum absolute atomic E-state index is 11.8. The number of carbonyl (C=O) groups is 2. The van der Waals surface area contributed by atoms with Gasteiger partial charge in [-0.15, -0.1) is 11.3 Å². The predicted octanol–water partition coefficient (Wildman–Crippen LogP) is 2.88. The Labute approximate surface area is 136 Å². The molecule has 0 saturated carbocycles. The maximum Gasteiger partial charge on any atom is 0.341 e. The van der Waals surface area contributed by atoms with Crippen LogP contribution in [0.1, 0.15) is 15.2 Å². The molecule has 2 rings (SSSR count). The number of methoxy groups -OCH3 is 1. The third-order valence-corrected chi connectivity index (χ3v) is 3.86. The number of benzene rings is 1. The Balaban J connectivity index is 1.94. The van der Waals surface area contributed by atoms with E-state index in [1.165, 1.54) is 19.2 Å². The molecular formula is C15H14ClNO4S. The fourth-order valence-electron chi connectivity index (χ4n) is 1.69. The van der Waals surface area contributed by atoms with E-state index < -0.39 is 5.97 Å². The summed E-state index contributed by atoms with van der Waals surface area (Å²) < 4.78 is 10.0. The quantitative estimate of drug-likeness (QED) is 0.822. The normalized spacial score (nSPS) is 10.1. The third-order valence-electron chi connectivity index (χ3n) is 2.75. The highest BCUT2D eigenvalue weighted by Gasteiger charge is 2.14. The minimum atomic E-state index is -0.550. The average Bonchev–Trinajstić information content (AvgIpc) is 3.03. The van der Waals surface area contributed by atoms with Crippen molar-refractivity contribution in [1.82, 2.24) is 5.32 Å². The van der Waals surface area contributed by atoms with Gasteiger partial charge in [-0.3, -0.25) is 4.79 Å². The Morgan fingerprint density at radius 2 is 2.14 bits per heavy atom. The molecule has 0 aliphatic heterocycles. The Kier molecular flexibility index (Phi) is 5.80. The van der Waals surface area contributed by atoms with Crippen LogP contribution in [0.2, 0.25) is 5.02 Å². The van der Waals surface area contributed by atoms with Gasteiger partial charge in [0.15, 0.2) is 6.61 Å². The van der Waals surface area contributed by atoms with Crippen molar-refractivity contribution >= 4 is 34.8 Å². The van der Waals surface area contributed by atoms with Gasteiger partial charge in [0, 0.05) is 9.90 Å². The lowest BCUT2D eigenvalue weighted by Gasteiger charge is -2.10. The first-order valence-electron chi connectivity index (χ1n) is 6.40. The highest BCUT2D eigenvalue weighted by molar-refractivity contribution is 7.09. The second-order valence-corrected chi connectivity index (χ2v) is 5.75. The standard InChI is InChI=1S/C15H14ClNO4S/c1-20-15(19)12-5-4-10(16)7-13(12)21-9-14(18)17-8-11-3-2-6-22-11/h2-7H,8-9H2,1H3,(H,17,18). The number of carbonyl (C=O) groups excluding carboxylic acids is 2. The smallest absolute Gasteiger partial charge is 0.341 e. The van der Waals surface area contributed by atoms with E-state index >= 15 is 0 Å². The van der Waals surface area contributed by atoms with Crippen LogP contribution in [0.5, 0.6) is 5.75 Å². The van der Waals surface area contributed by atoms with Crippen LogP contribution in [-0.2, 0) is 16.1 Å². The second kappa shape index (κ2) is 7.82. The highest BCUT2D eigenvalue weighted by Crippen LogP contribution is 2.24. The second-order valence-electron chi connectivity index (χ2n) is 4.28. The molecule has 0 spiro atoms. The summed E-state index contributed by atoms with van der Waals surface area (Å²) in [5.74, 6) is -0.625. The molecular weight excluding hydrogens is 326 g/mol. The molecule has 5 nitrogen and oxygen atoms in total. The molecule has 116 valence electrons.